The lowest BCUT2D eigenvalue weighted by atomic mass is 10.0. The summed E-state index contributed by atoms with van der Waals surface area (Å²) < 4.78 is 10.7. The summed E-state index contributed by atoms with van der Waals surface area (Å²) in [6, 6.07) is 10.1. The molecular weight excluding hydrogens is 514 g/mol. The van der Waals surface area contributed by atoms with Crippen molar-refractivity contribution in [3.05, 3.63) is 83.9 Å². The molecule has 3 N–H and O–H groups in total. The zero-order valence-electron chi connectivity index (χ0n) is 22.3. The smallest absolute Gasteiger partial charge is 0.315 e. The van der Waals surface area contributed by atoms with Gasteiger partial charge in [0, 0.05) is 37.9 Å². The Morgan fingerprint density at radius 3 is 2.25 bits per heavy atom. The number of carbonyl (C=O) groups excluding carboxylic acids is 2. The van der Waals surface area contributed by atoms with Crippen LogP contribution in [0.15, 0.2) is 67.3 Å². The SMILES string of the molecule is CCCC[C@H](NC(=O)N[C@@H](CC(=O)O)c1ccc2c(c1)OCO2)C(=O)N(Cc1cccnc1)Cc1cccnc1. The number of fused-ring (bicyclic) bond motifs is 1. The van der Waals surface area contributed by atoms with Crippen LogP contribution in [0.4, 0.5) is 4.79 Å². The van der Waals surface area contributed by atoms with E-state index in [0.29, 0.717) is 43.0 Å². The van der Waals surface area contributed by atoms with Crippen molar-refractivity contribution in [3.63, 3.8) is 0 Å². The van der Waals surface area contributed by atoms with E-state index in [0.717, 1.165) is 17.5 Å². The monoisotopic (exact) mass is 547 g/mol. The minimum Gasteiger partial charge on any atom is -0.481 e. The van der Waals surface area contributed by atoms with Crippen molar-refractivity contribution in [1.29, 1.82) is 0 Å². The summed E-state index contributed by atoms with van der Waals surface area (Å²) in [5, 5.41) is 15.0. The number of aliphatic carboxylic acids is 1. The summed E-state index contributed by atoms with van der Waals surface area (Å²) in [5.74, 6) is -0.308. The summed E-state index contributed by atoms with van der Waals surface area (Å²) in [6.45, 7) is 2.68. The molecule has 0 radical (unpaired) electrons. The highest BCUT2D eigenvalue weighted by molar-refractivity contribution is 5.87. The number of carbonyl (C=O) groups is 3. The van der Waals surface area contributed by atoms with Crippen molar-refractivity contribution in [2.75, 3.05) is 6.79 Å². The average Bonchev–Trinajstić information content (AvgIpc) is 3.43. The van der Waals surface area contributed by atoms with Gasteiger partial charge in [-0.2, -0.15) is 0 Å². The number of benzene rings is 1. The highest BCUT2D eigenvalue weighted by Gasteiger charge is 2.28. The third kappa shape index (κ3) is 7.92. The maximum atomic E-state index is 13.9. The minimum absolute atomic E-state index is 0.0755. The predicted molar refractivity (Wildman–Crippen MR) is 145 cm³/mol. The molecule has 40 heavy (non-hydrogen) atoms. The molecule has 1 aromatic carbocycles. The van der Waals surface area contributed by atoms with Gasteiger partial charge in [0.25, 0.3) is 0 Å². The van der Waals surface area contributed by atoms with Gasteiger partial charge in [-0.3, -0.25) is 19.6 Å². The molecule has 2 atom stereocenters. The maximum Gasteiger partial charge on any atom is 0.315 e. The first kappa shape index (κ1) is 28.3. The molecular formula is C29H33N5O6. The van der Waals surface area contributed by atoms with E-state index in [9.17, 15) is 19.5 Å². The Balaban J connectivity index is 1.52. The molecule has 3 aromatic rings. The number of carboxylic acid groups (broad SMARTS) is 1. The van der Waals surface area contributed by atoms with Gasteiger partial charge in [0.05, 0.1) is 12.5 Å². The molecule has 0 unspecified atom stereocenters. The Hall–Kier alpha value is -4.67. The van der Waals surface area contributed by atoms with Crippen LogP contribution in [0, 0.1) is 0 Å². The third-order valence-electron chi connectivity index (χ3n) is 6.44. The number of hydrogen-bond donors (Lipinski definition) is 3. The predicted octanol–water partition coefficient (Wildman–Crippen LogP) is 3.81. The zero-order chi connectivity index (χ0) is 28.3. The second-order valence-electron chi connectivity index (χ2n) is 9.49. The first-order valence-electron chi connectivity index (χ1n) is 13.2. The fourth-order valence-electron chi connectivity index (χ4n) is 4.44. The Morgan fingerprint density at radius 1 is 0.975 bits per heavy atom. The van der Waals surface area contributed by atoms with Crippen LogP contribution in [0.1, 0.15) is 55.3 Å². The number of ether oxygens (including phenoxy) is 2. The topological polar surface area (TPSA) is 143 Å². The van der Waals surface area contributed by atoms with E-state index in [1.165, 1.54) is 0 Å². The van der Waals surface area contributed by atoms with Gasteiger partial charge in [0.1, 0.15) is 6.04 Å². The molecule has 1 aliphatic rings. The molecule has 0 saturated carbocycles. The molecule has 1 aliphatic heterocycles. The number of rotatable bonds is 13. The van der Waals surface area contributed by atoms with Crippen LogP contribution in [0.25, 0.3) is 0 Å². The number of amides is 3. The van der Waals surface area contributed by atoms with E-state index in [2.05, 4.69) is 20.6 Å². The van der Waals surface area contributed by atoms with Gasteiger partial charge < -0.3 is 30.1 Å². The van der Waals surface area contributed by atoms with Gasteiger partial charge in [-0.15, -0.1) is 0 Å². The van der Waals surface area contributed by atoms with Gasteiger partial charge in [-0.05, 0) is 47.4 Å². The number of pyridine rings is 2. The lowest BCUT2D eigenvalue weighted by molar-refractivity contribution is -0.137. The van der Waals surface area contributed by atoms with Gasteiger partial charge in [0.15, 0.2) is 11.5 Å². The first-order valence-corrected chi connectivity index (χ1v) is 13.2. The number of urea groups is 1. The number of unbranched alkanes of at least 4 members (excludes halogenated alkanes) is 1. The largest absolute Gasteiger partial charge is 0.481 e. The molecule has 2 aromatic heterocycles. The van der Waals surface area contributed by atoms with Crippen LogP contribution in [0.2, 0.25) is 0 Å². The highest BCUT2D eigenvalue weighted by atomic mass is 16.7. The average molecular weight is 548 g/mol. The Labute approximate surface area is 232 Å². The van der Waals surface area contributed by atoms with Crippen LogP contribution in [-0.2, 0) is 22.7 Å². The van der Waals surface area contributed by atoms with E-state index in [4.69, 9.17) is 9.47 Å². The second-order valence-corrected chi connectivity index (χ2v) is 9.49. The third-order valence-corrected chi connectivity index (χ3v) is 6.44. The molecule has 11 heteroatoms. The van der Waals surface area contributed by atoms with Crippen molar-refractivity contribution in [3.8, 4) is 11.5 Å². The molecule has 0 spiro atoms. The van der Waals surface area contributed by atoms with Crippen LogP contribution in [0.5, 0.6) is 11.5 Å². The molecule has 0 bridgehead atoms. The number of nitrogens with zero attached hydrogens (tertiary/aromatic N) is 3. The molecule has 0 aliphatic carbocycles. The summed E-state index contributed by atoms with van der Waals surface area (Å²) in [5.41, 5.74) is 2.25. The molecule has 3 heterocycles. The molecule has 0 saturated heterocycles. The number of hydrogen-bond acceptors (Lipinski definition) is 7. The summed E-state index contributed by atoms with van der Waals surface area (Å²) in [7, 11) is 0. The Morgan fingerprint density at radius 2 is 1.65 bits per heavy atom. The normalized spacial score (nSPS) is 13.2. The van der Waals surface area contributed by atoms with Gasteiger partial charge >= 0.3 is 12.0 Å². The van der Waals surface area contributed by atoms with E-state index in [-0.39, 0.29) is 19.1 Å². The molecule has 3 amide bonds. The quantitative estimate of drug-likeness (QED) is 0.293. The number of nitrogens with one attached hydrogen (secondary N) is 2. The van der Waals surface area contributed by atoms with Gasteiger partial charge in [0.2, 0.25) is 12.7 Å². The van der Waals surface area contributed by atoms with E-state index < -0.39 is 24.1 Å². The van der Waals surface area contributed by atoms with E-state index >= 15 is 0 Å². The fraction of sp³-hybridized carbons (Fsp3) is 0.345. The van der Waals surface area contributed by atoms with E-state index in [1.807, 2.05) is 19.1 Å². The Bertz CT molecular complexity index is 1250. The minimum atomic E-state index is -1.08. The molecule has 210 valence electrons. The van der Waals surface area contributed by atoms with Crippen molar-refractivity contribution < 1.29 is 29.0 Å². The lowest BCUT2D eigenvalue weighted by Crippen LogP contribution is -2.51. The number of carboxylic acids is 1. The summed E-state index contributed by atoms with van der Waals surface area (Å²) in [6.07, 6.45) is 8.35. The van der Waals surface area contributed by atoms with Crippen LogP contribution >= 0.6 is 0 Å². The van der Waals surface area contributed by atoms with Crippen molar-refractivity contribution in [2.45, 2.75) is 57.8 Å². The van der Waals surface area contributed by atoms with Crippen molar-refractivity contribution >= 4 is 17.9 Å². The van der Waals surface area contributed by atoms with Gasteiger partial charge in [-0.1, -0.05) is 38.0 Å². The highest BCUT2D eigenvalue weighted by Crippen LogP contribution is 2.34. The van der Waals surface area contributed by atoms with Crippen LogP contribution in [0.3, 0.4) is 0 Å². The van der Waals surface area contributed by atoms with Crippen molar-refractivity contribution in [1.82, 2.24) is 25.5 Å². The summed E-state index contributed by atoms with van der Waals surface area (Å²) >= 11 is 0. The van der Waals surface area contributed by atoms with Crippen LogP contribution in [-0.4, -0.2) is 50.7 Å². The second kappa shape index (κ2) is 13.9. The molecule has 11 nitrogen and oxygen atoms in total. The number of aromatic nitrogens is 2. The lowest BCUT2D eigenvalue weighted by Gasteiger charge is -2.29. The summed E-state index contributed by atoms with van der Waals surface area (Å²) in [4.78, 5) is 48.7. The van der Waals surface area contributed by atoms with Crippen molar-refractivity contribution in [2.24, 2.45) is 0 Å². The zero-order valence-corrected chi connectivity index (χ0v) is 22.3. The Kier molecular flexibility index (Phi) is 9.87. The maximum absolute atomic E-state index is 13.9. The fourth-order valence-corrected chi connectivity index (χ4v) is 4.44. The van der Waals surface area contributed by atoms with Gasteiger partial charge in [-0.25, -0.2) is 4.79 Å². The molecule has 0 fully saturated rings. The standard InChI is InChI=1S/C29H33N5O6/c1-2-3-8-23(28(37)34(17-20-6-4-11-30-15-20)18-21-7-5-12-31-16-21)32-29(38)33-24(14-27(35)36)22-9-10-25-26(13-22)40-19-39-25/h4-7,9-13,15-16,23-24H,2-3,8,14,17-19H2,1H3,(H,35,36)(H2,32,33,38)/t23-,24-/m0/s1. The van der Waals surface area contributed by atoms with E-state index in [1.54, 1.807) is 60.0 Å². The van der Waals surface area contributed by atoms with Crippen LogP contribution < -0.4 is 20.1 Å². The first-order chi connectivity index (χ1) is 19.4. The molecule has 4 rings (SSSR count).